The van der Waals surface area contributed by atoms with Gasteiger partial charge in [0.1, 0.15) is 11.9 Å². The van der Waals surface area contributed by atoms with Crippen molar-refractivity contribution in [2.75, 3.05) is 26.2 Å². The summed E-state index contributed by atoms with van der Waals surface area (Å²) in [6.07, 6.45) is 6.44. The van der Waals surface area contributed by atoms with Crippen LogP contribution in [0.5, 0.6) is 0 Å². The van der Waals surface area contributed by atoms with E-state index in [1.165, 1.54) is 4.90 Å². The Morgan fingerprint density at radius 2 is 1.79 bits per heavy atom. The first kappa shape index (κ1) is 25.9. The normalized spacial score (nSPS) is 32.2. The SMILES string of the molecule is CC1(C)CN(C2CC(OC3CCNCC3)C2)CCC1c1ccc2c(c1F)CN(C1CCC(=O)NC1=O)C2=O. The Labute approximate surface area is 223 Å². The van der Waals surface area contributed by atoms with Gasteiger partial charge in [0.2, 0.25) is 11.8 Å². The topological polar surface area (TPSA) is 91.0 Å². The molecule has 0 radical (unpaired) electrons. The van der Waals surface area contributed by atoms with Crippen LogP contribution >= 0.6 is 0 Å². The molecule has 8 nitrogen and oxygen atoms in total. The number of piperidine rings is 3. The van der Waals surface area contributed by atoms with E-state index in [1.54, 1.807) is 12.1 Å². The third-order valence-corrected chi connectivity index (χ3v) is 9.57. The number of amides is 3. The van der Waals surface area contributed by atoms with Gasteiger partial charge >= 0.3 is 0 Å². The van der Waals surface area contributed by atoms with Crippen LogP contribution in [0.2, 0.25) is 0 Å². The summed E-state index contributed by atoms with van der Waals surface area (Å²) in [5.74, 6) is -1.40. The van der Waals surface area contributed by atoms with Gasteiger partial charge in [-0.25, -0.2) is 4.39 Å². The molecule has 2 unspecified atom stereocenters. The van der Waals surface area contributed by atoms with Crippen molar-refractivity contribution in [3.63, 3.8) is 0 Å². The lowest BCUT2D eigenvalue weighted by atomic mass is 9.69. The predicted molar refractivity (Wildman–Crippen MR) is 139 cm³/mol. The van der Waals surface area contributed by atoms with E-state index in [9.17, 15) is 14.4 Å². The Morgan fingerprint density at radius 3 is 2.50 bits per heavy atom. The van der Waals surface area contributed by atoms with Crippen LogP contribution in [0.15, 0.2) is 12.1 Å². The summed E-state index contributed by atoms with van der Waals surface area (Å²) in [6.45, 7) is 8.44. The molecule has 0 bridgehead atoms. The highest BCUT2D eigenvalue weighted by Crippen LogP contribution is 2.46. The zero-order valence-electron chi connectivity index (χ0n) is 22.4. The van der Waals surface area contributed by atoms with Gasteiger partial charge in [-0.15, -0.1) is 0 Å². The first-order valence-corrected chi connectivity index (χ1v) is 14.3. The molecule has 2 N–H and O–H groups in total. The van der Waals surface area contributed by atoms with Gasteiger partial charge in [-0.3, -0.25) is 24.6 Å². The molecule has 1 aromatic carbocycles. The maximum absolute atomic E-state index is 16.0. The molecule has 6 rings (SSSR count). The molecular formula is C29H39FN4O4. The van der Waals surface area contributed by atoms with E-state index >= 15 is 4.39 Å². The maximum Gasteiger partial charge on any atom is 0.255 e. The smallest absolute Gasteiger partial charge is 0.255 e. The first-order valence-electron chi connectivity index (χ1n) is 14.3. The summed E-state index contributed by atoms with van der Waals surface area (Å²) in [7, 11) is 0. The minimum Gasteiger partial charge on any atom is -0.375 e. The molecule has 4 fully saturated rings. The van der Waals surface area contributed by atoms with Crippen LogP contribution in [-0.2, 0) is 20.9 Å². The highest BCUT2D eigenvalue weighted by atomic mass is 19.1. The number of likely N-dealkylation sites (tertiary alicyclic amines) is 1. The van der Waals surface area contributed by atoms with Crippen molar-refractivity contribution in [2.24, 2.45) is 5.41 Å². The Morgan fingerprint density at radius 1 is 1.03 bits per heavy atom. The molecule has 4 heterocycles. The fourth-order valence-corrected chi connectivity index (χ4v) is 7.33. The number of imide groups is 1. The second-order valence-corrected chi connectivity index (χ2v) is 12.5. The van der Waals surface area contributed by atoms with Gasteiger partial charge < -0.3 is 15.0 Å². The lowest BCUT2D eigenvalue weighted by Crippen LogP contribution is -2.55. The van der Waals surface area contributed by atoms with Crippen LogP contribution in [0.3, 0.4) is 0 Å². The number of fused-ring (bicyclic) bond motifs is 1. The molecule has 5 aliphatic rings. The van der Waals surface area contributed by atoms with E-state index in [2.05, 4.69) is 29.4 Å². The van der Waals surface area contributed by atoms with Crippen molar-refractivity contribution in [1.82, 2.24) is 20.4 Å². The molecule has 9 heteroatoms. The molecule has 4 aliphatic heterocycles. The molecule has 1 aromatic rings. The maximum atomic E-state index is 16.0. The van der Waals surface area contributed by atoms with Crippen molar-refractivity contribution in [1.29, 1.82) is 0 Å². The molecule has 1 saturated carbocycles. The van der Waals surface area contributed by atoms with Gasteiger partial charge in [0.15, 0.2) is 0 Å². The quantitative estimate of drug-likeness (QED) is 0.574. The van der Waals surface area contributed by atoms with Crippen LogP contribution in [-0.4, -0.2) is 78.0 Å². The lowest BCUT2D eigenvalue weighted by molar-refractivity contribution is -0.136. The number of hydrogen-bond acceptors (Lipinski definition) is 6. The van der Waals surface area contributed by atoms with Gasteiger partial charge in [-0.05, 0) is 81.1 Å². The molecule has 2 atom stereocenters. The molecule has 0 spiro atoms. The molecule has 1 aliphatic carbocycles. The summed E-state index contributed by atoms with van der Waals surface area (Å²) in [6, 6.07) is 3.32. The molecule has 3 saturated heterocycles. The number of carbonyl (C=O) groups excluding carboxylic acids is 3. The summed E-state index contributed by atoms with van der Waals surface area (Å²) in [4.78, 5) is 41.0. The Hall–Kier alpha value is -2.36. The Bertz CT molecular complexity index is 1130. The second kappa shape index (κ2) is 9.99. The lowest BCUT2D eigenvalue weighted by Gasteiger charge is -2.51. The highest BCUT2D eigenvalue weighted by molar-refractivity contribution is 6.05. The first-order chi connectivity index (χ1) is 18.2. The number of ether oxygens (including phenoxy) is 1. The summed E-state index contributed by atoms with van der Waals surface area (Å²) in [5.41, 5.74) is 1.26. The van der Waals surface area contributed by atoms with Gasteiger partial charge in [-0.2, -0.15) is 0 Å². The minimum absolute atomic E-state index is 0.0469. The van der Waals surface area contributed by atoms with Crippen LogP contribution in [0.25, 0.3) is 0 Å². The molecular weight excluding hydrogens is 487 g/mol. The monoisotopic (exact) mass is 526 g/mol. The highest BCUT2D eigenvalue weighted by Gasteiger charge is 2.45. The average Bonchev–Trinajstić information content (AvgIpc) is 3.19. The second-order valence-electron chi connectivity index (χ2n) is 12.5. The number of halogens is 1. The number of hydrogen-bond donors (Lipinski definition) is 2. The summed E-state index contributed by atoms with van der Waals surface area (Å²) in [5, 5.41) is 5.70. The van der Waals surface area contributed by atoms with Crippen LogP contribution < -0.4 is 10.6 Å². The zero-order chi connectivity index (χ0) is 26.6. The number of benzene rings is 1. The average molecular weight is 527 g/mol. The fraction of sp³-hybridized carbons (Fsp3) is 0.690. The van der Waals surface area contributed by atoms with E-state index < -0.39 is 11.9 Å². The van der Waals surface area contributed by atoms with Gasteiger partial charge in [-0.1, -0.05) is 19.9 Å². The van der Waals surface area contributed by atoms with Crippen molar-refractivity contribution >= 4 is 17.7 Å². The predicted octanol–water partition coefficient (Wildman–Crippen LogP) is 2.70. The van der Waals surface area contributed by atoms with Crippen molar-refractivity contribution in [3.05, 3.63) is 34.6 Å². The molecule has 206 valence electrons. The summed E-state index contributed by atoms with van der Waals surface area (Å²) >= 11 is 0. The Kier molecular flexibility index (Phi) is 6.81. The van der Waals surface area contributed by atoms with Gasteiger partial charge in [0.25, 0.3) is 5.91 Å². The van der Waals surface area contributed by atoms with Crippen molar-refractivity contribution in [3.8, 4) is 0 Å². The van der Waals surface area contributed by atoms with Crippen molar-refractivity contribution < 1.29 is 23.5 Å². The largest absolute Gasteiger partial charge is 0.375 e. The standard InChI is InChI=1S/C29H39FN4O4/c1-29(2)16-33(17-13-19(14-17)38-18-7-10-31-11-8-18)12-9-23(29)21-4-3-20-22(26(21)30)15-34(28(20)37)24-5-6-25(35)32-27(24)36/h3-4,17-19,23-24,31H,5-16H2,1-2H3,(H,32,35,36). The number of nitrogens with one attached hydrogen (secondary N) is 2. The minimum atomic E-state index is -0.736. The number of nitrogens with zero attached hydrogens (tertiary/aromatic N) is 2. The van der Waals surface area contributed by atoms with Crippen LogP contribution in [0.1, 0.15) is 86.2 Å². The van der Waals surface area contributed by atoms with Crippen LogP contribution in [0.4, 0.5) is 4.39 Å². The number of carbonyl (C=O) groups is 3. The van der Waals surface area contributed by atoms with E-state index in [1.807, 2.05) is 0 Å². The third-order valence-electron chi connectivity index (χ3n) is 9.57. The van der Waals surface area contributed by atoms with E-state index in [4.69, 9.17) is 4.74 Å². The fourth-order valence-electron chi connectivity index (χ4n) is 7.33. The van der Waals surface area contributed by atoms with E-state index in [-0.39, 0.29) is 48.4 Å². The number of rotatable bonds is 5. The van der Waals surface area contributed by atoms with Crippen LogP contribution in [0, 0.1) is 11.2 Å². The molecule has 0 aromatic heterocycles. The van der Waals surface area contributed by atoms with Gasteiger partial charge in [0.05, 0.1) is 18.8 Å². The molecule has 38 heavy (non-hydrogen) atoms. The van der Waals surface area contributed by atoms with E-state index in [0.717, 1.165) is 58.3 Å². The Balaban J connectivity index is 1.11. The third kappa shape index (κ3) is 4.67. The van der Waals surface area contributed by atoms with E-state index in [0.29, 0.717) is 34.9 Å². The van der Waals surface area contributed by atoms with Crippen molar-refractivity contribution in [2.45, 2.75) is 95.5 Å². The summed E-state index contributed by atoms with van der Waals surface area (Å²) < 4.78 is 22.3. The zero-order valence-corrected chi connectivity index (χ0v) is 22.4. The molecule has 3 amide bonds. The van der Waals surface area contributed by atoms with Gasteiger partial charge in [0, 0.05) is 30.1 Å².